The topological polar surface area (TPSA) is 355 Å². The molecule has 26 nitrogen and oxygen atoms in total. The highest BCUT2D eigenvalue weighted by molar-refractivity contribution is 8.24. The molecule has 0 unspecified atom stereocenters. The molecule has 0 saturated carbocycles. The van der Waals surface area contributed by atoms with Crippen molar-refractivity contribution in [1.29, 1.82) is 0 Å². The third-order valence-corrected chi connectivity index (χ3v) is 13.1. The van der Waals surface area contributed by atoms with Crippen molar-refractivity contribution in [1.82, 2.24) is 49.8 Å². The molecule has 5 N–H and O–H groups in total. The van der Waals surface area contributed by atoms with Crippen LogP contribution in [0.2, 0.25) is 20.6 Å². The number of ketones is 1. The molecule has 34 heteroatoms. The summed E-state index contributed by atoms with van der Waals surface area (Å²) in [5.41, 5.74) is 21.3. The Morgan fingerprint density at radius 1 is 0.475 bits per heavy atom. The van der Waals surface area contributed by atoms with E-state index >= 15 is 0 Å². The summed E-state index contributed by atoms with van der Waals surface area (Å²) in [6.07, 6.45) is 9.27. The normalized spacial score (nSPS) is 10.5. The second-order valence-corrected chi connectivity index (χ2v) is 27.2. The summed E-state index contributed by atoms with van der Waals surface area (Å²) >= 11 is 36.6. The average molecular weight is 1540 g/mol. The Labute approximate surface area is 613 Å². The van der Waals surface area contributed by atoms with E-state index in [-0.39, 0.29) is 31.7 Å². The number of anilines is 2. The summed E-state index contributed by atoms with van der Waals surface area (Å²) in [4.78, 5) is 84.7. The van der Waals surface area contributed by atoms with Crippen molar-refractivity contribution in [3.8, 4) is 40.2 Å². The lowest BCUT2D eigenvalue weighted by molar-refractivity contribution is -0.148. The summed E-state index contributed by atoms with van der Waals surface area (Å²) < 4.78 is 48.9. The Kier molecular flexibility index (Phi) is 35.4. The van der Waals surface area contributed by atoms with Crippen LogP contribution in [0.15, 0.2) is 168 Å². The molecule has 530 valence electrons. The number of Topliss-reactive ketones (excluding diaryl/α,β-unsaturated/α-hetero) is 1. The van der Waals surface area contributed by atoms with Gasteiger partial charge in [0, 0.05) is 42.8 Å². The number of fused-ring (bicyclic) bond motifs is 6. The maximum atomic E-state index is 11.0. The van der Waals surface area contributed by atoms with E-state index in [4.69, 9.17) is 91.0 Å². The molecule has 0 radical (unpaired) electrons. The average Bonchev–Trinajstić information content (AvgIpc) is 0.890. The molecule has 13 rings (SSSR count). The van der Waals surface area contributed by atoms with Crippen LogP contribution in [0.1, 0.15) is 19.9 Å². The van der Waals surface area contributed by atoms with Gasteiger partial charge in [-0.3, -0.25) is 43.9 Å². The number of aromatic nitrogens is 10. The molecule has 101 heavy (non-hydrogen) atoms. The van der Waals surface area contributed by atoms with Gasteiger partial charge in [-0.05, 0) is 137 Å². The molecule has 5 aromatic heterocycles. The van der Waals surface area contributed by atoms with Gasteiger partial charge in [-0.1, -0.05) is 53.8 Å². The third-order valence-electron chi connectivity index (χ3n) is 12.3. The van der Waals surface area contributed by atoms with Gasteiger partial charge in [-0.25, -0.2) is 29.7 Å². The van der Waals surface area contributed by atoms with Gasteiger partial charge < -0.3 is 54.3 Å². The zero-order valence-electron chi connectivity index (χ0n) is 54.1. The number of H-pyrrole nitrogens is 1. The van der Waals surface area contributed by atoms with Gasteiger partial charge in [0.2, 0.25) is 6.29 Å². The van der Waals surface area contributed by atoms with Crippen molar-refractivity contribution in [2.24, 2.45) is 4.99 Å². The van der Waals surface area contributed by atoms with Gasteiger partial charge in [0.25, 0.3) is 5.56 Å². The monoisotopic (exact) mass is 1540 g/mol. The standard InChI is InChI=1S/C10H9NO2.4C9H7ClN2O.C9H8N2O2.C7H10N2O.C4H6O3.CH4.Cl3OP/c1-13-9-2-3-10-7(5-9)4-8(12)6-11-10;2*1-13-6-2-3-7-8(4-6)11-5-9(10)12-7;2*1-13-6-2-3-7-8(4-6)12-9(10)5-11-7;1-13-6-2-3-7-8(4-6)10-5-9(12)11-7;1-10-5-2-3-6(8)7(9)4-5;1-2-7-4(6)3-5;;1-5(2,3)4/h2-3,5-6H,4H2,1H3;4*2-5H,1H3;2-5H,1H3,(H,11,12);2-4H,8-9H2,1H3;3H,2H2,1H3;1H4;. The van der Waals surface area contributed by atoms with E-state index < -0.39 is 11.2 Å². The number of aliphatic imine (C=N–C) groups is 1. The first kappa shape index (κ1) is 83.4. The lowest BCUT2D eigenvalue weighted by atomic mass is 10.0. The minimum Gasteiger partial charge on any atom is -0.497 e. The van der Waals surface area contributed by atoms with E-state index in [9.17, 15) is 23.7 Å². The molecule has 0 bridgehead atoms. The zero-order valence-corrected chi connectivity index (χ0v) is 60.3. The van der Waals surface area contributed by atoms with Crippen LogP contribution in [-0.2, 0) is 30.1 Å². The number of hydrogen-bond donors (Lipinski definition) is 3. The lowest BCUT2D eigenvalue weighted by Gasteiger charge is -2.09. The van der Waals surface area contributed by atoms with Gasteiger partial charge in [-0.15, -0.1) is 0 Å². The molecule has 0 atom stereocenters. The first-order valence-electron chi connectivity index (χ1n) is 28.4. The Hall–Kier alpha value is -10.0. The maximum Gasteiger partial charge on any atom is 0.371 e. The Morgan fingerprint density at radius 2 is 0.822 bits per heavy atom. The highest BCUT2D eigenvalue weighted by Crippen LogP contribution is 2.61. The van der Waals surface area contributed by atoms with E-state index in [0.29, 0.717) is 43.9 Å². The first-order chi connectivity index (χ1) is 47.8. The summed E-state index contributed by atoms with van der Waals surface area (Å²) in [6, 6.07) is 37.9. The SMILES string of the molecule is C.CCOC(=O)C=O.COc1ccc(N)c(N)c1.COc1ccc2[nH]c(=O)cnc2c1.COc1ccc2c(c1)CC(=O)C=N2.COc1ccc2nc(Cl)cnc2c1.COc1ccc2nc(Cl)cnc2c1.COc1ccc2ncc(Cl)nc2c1.COc1ccc2ncc(Cl)nc2c1.O=P(Cl)(Cl)Cl. The fourth-order valence-corrected chi connectivity index (χ4v) is 8.27. The number of aldehydes is 1. The van der Waals surface area contributed by atoms with Gasteiger partial charge in [-0.2, -0.15) is 0 Å². The predicted octanol–water partition coefficient (Wildman–Crippen LogP) is 15.7. The maximum absolute atomic E-state index is 11.0. The van der Waals surface area contributed by atoms with Gasteiger partial charge >= 0.3 is 11.2 Å². The molecule has 12 aromatic rings. The number of hydrogen-bond acceptors (Lipinski definition) is 25. The molecule has 0 fully saturated rings. The van der Waals surface area contributed by atoms with Crippen molar-refractivity contribution >= 4 is 182 Å². The number of carbonyl (C=O) groups is 3. The molecule has 0 amide bonds. The second-order valence-electron chi connectivity index (χ2n) is 19.0. The number of nitrogens with zero attached hydrogens (tertiary/aromatic N) is 10. The number of aromatic amines is 1. The minimum atomic E-state index is -3.22. The molecule has 6 heterocycles. The largest absolute Gasteiger partial charge is 0.497 e. The molecule has 7 aromatic carbocycles. The van der Waals surface area contributed by atoms with Crippen LogP contribution in [0.5, 0.6) is 40.2 Å². The van der Waals surface area contributed by atoms with Gasteiger partial charge in [0.15, 0.2) is 5.78 Å². The summed E-state index contributed by atoms with van der Waals surface area (Å²) in [7, 11) is 11.2. The minimum absolute atomic E-state index is 0. The molecular formula is C67H65Cl7N13O13P. The summed E-state index contributed by atoms with van der Waals surface area (Å²) in [6.45, 7) is 1.90. The summed E-state index contributed by atoms with van der Waals surface area (Å²) in [5, 5.41) is -1.64. The van der Waals surface area contributed by atoms with E-state index in [2.05, 4.69) is 93.3 Å². The highest BCUT2D eigenvalue weighted by Gasteiger charge is 2.12. The molecule has 1 aliphatic rings. The third kappa shape index (κ3) is 29.4. The van der Waals surface area contributed by atoms with Gasteiger partial charge in [0.1, 0.15) is 60.9 Å². The zero-order chi connectivity index (χ0) is 73.3. The molecule has 1 aliphatic heterocycles. The second kappa shape index (κ2) is 42.8. The number of carbonyl (C=O) groups excluding carboxylic acids is 3. The van der Waals surface area contributed by atoms with E-state index in [1.165, 1.54) is 37.2 Å². The van der Waals surface area contributed by atoms with Crippen molar-refractivity contribution in [3.63, 3.8) is 0 Å². The molecule has 0 aliphatic carbocycles. The Bertz CT molecular complexity index is 4700. The number of nitrogens with two attached hydrogens (primary N) is 2. The number of nitrogens with one attached hydrogen (secondary N) is 1. The van der Waals surface area contributed by atoms with Crippen molar-refractivity contribution in [2.75, 3.05) is 67.8 Å². The van der Waals surface area contributed by atoms with Gasteiger partial charge in [0.05, 0.1) is 166 Å². The Morgan fingerprint density at radius 3 is 1.23 bits per heavy atom. The molecule has 0 spiro atoms. The van der Waals surface area contributed by atoms with Crippen molar-refractivity contribution in [2.45, 2.75) is 20.8 Å². The van der Waals surface area contributed by atoms with Crippen LogP contribution in [0, 0.1) is 0 Å². The highest BCUT2D eigenvalue weighted by atomic mass is 36.0. The van der Waals surface area contributed by atoms with Crippen LogP contribution in [0.25, 0.3) is 55.2 Å². The number of ether oxygens (including phenoxy) is 8. The van der Waals surface area contributed by atoms with Crippen LogP contribution in [0.3, 0.4) is 0 Å². The Balaban J connectivity index is 0.000000243. The quantitative estimate of drug-likeness (QED) is 0.0397. The van der Waals surface area contributed by atoms with E-state index in [1.807, 2.05) is 78.9 Å². The van der Waals surface area contributed by atoms with Crippen molar-refractivity contribution < 1.29 is 56.8 Å². The fraction of sp³-hybridized carbons (Fsp3) is 0.164. The van der Waals surface area contributed by atoms with E-state index in [1.54, 1.807) is 105 Å². The first-order valence-corrected chi connectivity index (χ1v) is 34.4. The molecule has 0 saturated heterocycles. The predicted molar refractivity (Wildman–Crippen MR) is 400 cm³/mol. The smallest absolute Gasteiger partial charge is 0.371 e. The number of esters is 1. The van der Waals surface area contributed by atoms with Crippen molar-refractivity contribution in [3.05, 3.63) is 195 Å². The molecular weight excluding hydrogens is 1470 g/mol. The number of rotatable bonds is 9. The number of methoxy groups -OCH3 is 7. The summed E-state index contributed by atoms with van der Waals surface area (Å²) in [5.74, 6) is 4.51. The van der Waals surface area contributed by atoms with E-state index in [0.717, 1.165) is 101 Å². The number of benzene rings is 7. The van der Waals surface area contributed by atoms with Crippen LogP contribution >= 0.6 is 85.3 Å². The fourth-order valence-electron chi connectivity index (χ4n) is 7.71. The number of halogens is 7. The van der Waals surface area contributed by atoms with Crippen LogP contribution in [-0.4, -0.2) is 130 Å². The number of nitrogen functional groups attached to an aromatic ring is 2. The van der Waals surface area contributed by atoms with Crippen LogP contribution in [0.4, 0.5) is 17.1 Å². The van der Waals surface area contributed by atoms with Crippen LogP contribution < -0.4 is 50.2 Å². The lowest BCUT2D eigenvalue weighted by Crippen LogP contribution is -2.08.